The predicted octanol–water partition coefficient (Wildman–Crippen LogP) is 1.97. The van der Waals surface area contributed by atoms with Crippen molar-refractivity contribution < 1.29 is 5.11 Å². The van der Waals surface area contributed by atoms with Gasteiger partial charge in [0.1, 0.15) is 0 Å². The highest BCUT2D eigenvalue weighted by molar-refractivity contribution is 7.99. The fraction of sp³-hybridized carbons (Fsp3) is 0.500. The van der Waals surface area contributed by atoms with Crippen molar-refractivity contribution in [3.63, 3.8) is 0 Å². The maximum Gasteiger partial charge on any atom is 0.168 e. The van der Waals surface area contributed by atoms with Crippen LogP contribution in [-0.2, 0) is 13.7 Å². The van der Waals surface area contributed by atoms with Crippen LogP contribution in [0.1, 0.15) is 19.0 Å². The van der Waals surface area contributed by atoms with Crippen molar-refractivity contribution in [2.45, 2.75) is 25.1 Å². The van der Waals surface area contributed by atoms with Crippen LogP contribution >= 0.6 is 11.8 Å². The molecule has 0 saturated heterocycles. The molecule has 0 atom stereocenters. The van der Waals surface area contributed by atoms with Gasteiger partial charge in [-0.3, -0.25) is 0 Å². The Balaban J connectivity index is 2.59. The van der Waals surface area contributed by atoms with Crippen LogP contribution in [0.2, 0.25) is 0 Å². The number of imidazole rings is 1. The number of thioether (sulfide) groups is 1. The van der Waals surface area contributed by atoms with E-state index in [1.807, 2.05) is 11.6 Å². The highest BCUT2D eigenvalue weighted by Gasteiger charge is 2.05. The summed E-state index contributed by atoms with van der Waals surface area (Å²) in [7, 11) is 1.91. The van der Waals surface area contributed by atoms with Gasteiger partial charge in [0, 0.05) is 12.8 Å². The van der Waals surface area contributed by atoms with Crippen molar-refractivity contribution in [2.24, 2.45) is 7.05 Å². The summed E-state index contributed by atoms with van der Waals surface area (Å²) in [4.78, 5) is 4.22. The van der Waals surface area contributed by atoms with Crippen LogP contribution in [0.15, 0.2) is 23.5 Å². The Hall–Kier alpha value is -0.740. The lowest BCUT2D eigenvalue weighted by Gasteiger charge is -2.04. The molecule has 3 nitrogen and oxygen atoms in total. The van der Waals surface area contributed by atoms with E-state index in [-0.39, 0.29) is 6.61 Å². The molecular weight excluding hydrogens is 196 g/mol. The van der Waals surface area contributed by atoms with Crippen LogP contribution in [0.25, 0.3) is 0 Å². The quantitative estimate of drug-likeness (QED) is 0.599. The number of aromatic nitrogens is 2. The minimum absolute atomic E-state index is 0.0405. The van der Waals surface area contributed by atoms with Gasteiger partial charge in [0.2, 0.25) is 0 Å². The van der Waals surface area contributed by atoms with Crippen molar-refractivity contribution in [3.05, 3.63) is 24.0 Å². The maximum atomic E-state index is 8.97. The zero-order chi connectivity index (χ0) is 10.6. The number of aliphatic hydroxyl groups is 1. The second kappa shape index (κ2) is 5.22. The summed E-state index contributed by atoms with van der Waals surface area (Å²) in [6.45, 7) is 6.08. The molecule has 0 spiro atoms. The van der Waals surface area contributed by atoms with Crippen molar-refractivity contribution in [2.75, 3.05) is 5.75 Å². The number of rotatable bonds is 5. The van der Waals surface area contributed by atoms with Gasteiger partial charge in [0.25, 0.3) is 0 Å². The Morgan fingerprint density at radius 1 is 1.71 bits per heavy atom. The summed E-state index contributed by atoms with van der Waals surface area (Å²) in [5, 5.41) is 9.90. The molecule has 0 amide bonds. The Morgan fingerprint density at radius 2 is 2.43 bits per heavy atom. The first kappa shape index (κ1) is 11.3. The zero-order valence-electron chi connectivity index (χ0n) is 8.66. The van der Waals surface area contributed by atoms with Crippen LogP contribution in [-0.4, -0.2) is 20.4 Å². The summed E-state index contributed by atoms with van der Waals surface area (Å²) in [6, 6.07) is 0. The molecule has 1 rings (SSSR count). The Bertz CT molecular complexity index is 320. The first-order valence-electron chi connectivity index (χ1n) is 4.60. The molecule has 0 aromatic carbocycles. The van der Waals surface area contributed by atoms with Crippen LogP contribution in [0.4, 0.5) is 0 Å². The van der Waals surface area contributed by atoms with E-state index >= 15 is 0 Å². The van der Waals surface area contributed by atoms with Gasteiger partial charge >= 0.3 is 0 Å². The first-order valence-corrected chi connectivity index (χ1v) is 5.58. The third-order valence-electron chi connectivity index (χ3n) is 2.11. The number of hydrogen-bond acceptors (Lipinski definition) is 3. The highest BCUT2D eigenvalue weighted by atomic mass is 32.2. The lowest BCUT2D eigenvalue weighted by atomic mass is 10.3. The topological polar surface area (TPSA) is 38.1 Å². The summed E-state index contributed by atoms with van der Waals surface area (Å²) in [5.41, 5.74) is 2.05. The van der Waals surface area contributed by atoms with E-state index in [1.54, 1.807) is 18.0 Å². The third kappa shape index (κ3) is 2.62. The number of aliphatic hydroxyl groups excluding tert-OH is 1. The average molecular weight is 212 g/mol. The van der Waals surface area contributed by atoms with Gasteiger partial charge in [0.15, 0.2) is 5.16 Å². The van der Waals surface area contributed by atoms with Gasteiger partial charge in [-0.15, -0.1) is 0 Å². The minimum Gasteiger partial charge on any atom is -0.390 e. The van der Waals surface area contributed by atoms with E-state index < -0.39 is 0 Å². The van der Waals surface area contributed by atoms with E-state index in [1.165, 1.54) is 5.57 Å². The number of hydrogen-bond donors (Lipinski definition) is 1. The fourth-order valence-electron chi connectivity index (χ4n) is 0.975. The van der Waals surface area contributed by atoms with Crippen molar-refractivity contribution in [3.8, 4) is 0 Å². The Labute approximate surface area is 88.9 Å². The van der Waals surface area contributed by atoms with Crippen LogP contribution in [0.3, 0.4) is 0 Å². The van der Waals surface area contributed by atoms with Crippen molar-refractivity contribution in [1.29, 1.82) is 0 Å². The van der Waals surface area contributed by atoms with Crippen LogP contribution in [0.5, 0.6) is 0 Å². The predicted molar refractivity (Wildman–Crippen MR) is 59.3 cm³/mol. The molecule has 0 radical (unpaired) electrons. The fourth-order valence-corrected chi connectivity index (χ4v) is 1.95. The molecule has 0 saturated carbocycles. The summed E-state index contributed by atoms with van der Waals surface area (Å²) in [6.07, 6.45) is 2.71. The van der Waals surface area contributed by atoms with Crippen molar-refractivity contribution >= 4 is 11.8 Å². The van der Waals surface area contributed by atoms with Crippen LogP contribution < -0.4 is 0 Å². The first-order chi connectivity index (χ1) is 6.69. The molecule has 0 aliphatic carbocycles. The maximum absolute atomic E-state index is 8.97. The molecule has 14 heavy (non-hydrogen) atoms. The van der Waals surface area contributed by atoms with Gasteiger partial charge < -0.3 is 9.67 Å². The molecule has 1 N–H and O–H groups in total. The monoisotopic (exact) mass is 212 g/mol. The Kier molecular flexibility index (Phi) is 4.22. The summed E-state index contributed by atoms with van der Waals surface area (Å²) < 4.78 is 1.91. The third-order valence-corrected chi connectivity index (χ3v) is 3.30. The van der Waals surface area contributed by atoms with Crippen molar-refractivity contribution in [1.82, 2.24) is 9.55 Å². The molecule has 4 heteroatoms. The minimum atomic E-state index is 0.0405. The van der Waals surface area contributed by atoms with Gasteiger partial charge in [0.05, 0.1) is 18.5 Å². The lowest BCUT2D eigenvalue weighted by molar-refractivity contribution is 0.271. The van der Waals surface area contributed by atoms with Gasteiger partial charge in [-0.05, 0) is 6.42 Å². The standard InChI is InChI=1S/C10H16N2OS/c1-4-8(2)7-14-10-11-5-9(6-13)12(10)3/h5,13H,2,4,6-7H2,1,3H3. The SMILES string of the molecule is C=C(CC)CSc1ncc(CO)n1C. The highest BCUT2D eigenvalue weighted by Crippen LogP contribution is 2.20. The molecular formula is C10H16N2OS. The Morgan fingerprint density at radius 3 is 2.93 bits per heavy atom. The largest absolute Gasteiger partial charge is 0.390 e. The van der Waals surface area contributed by atoms with Gasteiger partial charge in [-0.25, -0.2) is 4.98 Å². The second-order valence-corrected chi connectivity index (χ2v) is 4.08. The molecule has 0 bridgehead atoms. The molecule has 0 aliphatic rings. The summed E-state index contributed by atoms with van der Waals surface area (Å²) in [5.74, 6) is 0.895. The van der Waals surface area contributed by atoms with E-state index in [2.05, 4.69) is 18.5 Å². The number of nitrogens with zero attached hydrogens (tertiary/aromatic N) is 2. The average Bonchev–Trinajstić information content (AvgIpc) is 2.56. The second-order valence-electron chi connectivity index (χ2n) is 3.14. The molecule has 0 aliphatic heterocycles. The molecule has 1 aromatic rings. The molecule has 1 heterocycles. The molecule has 0 unspecified atom stereocenters. The van der Waals surface area contributed by atoms with E-state index in [4.69, 9.17) is 5.11 Å². The van der Waals surface area contributed by atoms with Gasteiger partial charge in [-0.1, -0.05) is 30.8 Å². The smallest absolute Gasteiger partial charge is 0.168 e. The van der Waals surface area contributed by atoms with E-state index in [0.29, 0.717) is 0 Å². The van der Waals surface area contributed by atoms with E-state index in [0.717, 1.165) is 23.0 Å². The summed E-state index contributed by atoms with van der Waals surface area (Å²) >= 11 is 1.66. The molecule has 1 aromatic heterocycles. The molecule has 0 fully saturated rings. The zero-order valence-corrected chi connectivity index (χ0v) is 9.47. The van der Waals surface area contributed by atoms with Gasteiger partial charge in [-0.2, -0.15) is 0 Å². The molecule has 78 valence electrons. The normalized spacial score (nSPS) is 10.5. The lowest BCUT2D eigenvalue weighted by Crippen LogP contribution is -1.98. The van der Waals surface area contributed by atoms with Crippen LogP contribution in [0, 0.1) is 0 Å². The van der Waals surface area contributed by atoms with E-state index in [9.17, 15) is 0 Å².